The first kappa shape index (κ1) is 15.5. The van der Waals surface area contributed by atoms with E-state index in [1.165, 1.54) is 0 Å². The first-order valence-electron chi connectivity index (χ1n) is 6.91. The van der Waals surface area contributed by atoms with Gasteiger partial charge in [0, 0.05) is 18.8 Å². The van der Waals surface area contributed by atoms with E-state index in [-0.39, 0.29) is 18.0 Å². The zero-order valence-electron chi connectivity index (χ0n) is 11.8. The van der Waals surface area contributed by atoms with Crippen molar-refractivity contribution >= 4 is 5.78 Å². The number of nitrogens with one attached hydrogen (secondary N) is 1. The van der Waals surface area contributed by atoms with Gasteiger partial charge < -0.3 is 10.1 Å². The van der Waals surface area contributed by atoms with Gasteiger partial charge in [0.2, 0.25) is 0 Å². The molecule has 4 nitrogen and oxygen atoms in total. The Labute approximate surface area is 115 Å². The number of ketones is 1. The Bertz CT molecular complexity index is 416. The van der Waals surface area contributed by atoms with Crippen molar-refractivity contribution in [2.75, 3.05) is 19.8 Å². The van der Waals surface area contributed by atoms with Crippen LogP contribution in [0.4, 0.5) is 0 Å². The zero-order valence-corrected chi connectivity index (χ0v) is 11.8. The summed E-state index contributed by atoms with van der Waals surface area (Å²) in [6, 6.07) is 2.03. The van der Waals surface area contributed by atoms with E-state index in [1.54, 1.807) is 0 Å². The lowest BCUT2D eigenvalue weighted by molar-refractivity contribution is -0.119. The van der Waals surface area contributed by atoms with Gasteiger partial charge in [0.15, 0.2) is 5.78 Å². The van der Waals surface area contributed by atoms with Crippen molar-refractivity contribution in [3.8, 4) is 6.07 Å². The lowest BCUT2D eigenvalue weighted by atomic mass is 9.93. The summed E-state index contributed by atoms with van der Waals surface area (Å²) < 4.78 is 5.09. The van der Waals surface area contributed by atoms with E-state index in [0.29, 0.717) is 6.61 Å². The molecule has 0 atom stereocenters. The fourth-order valence-electron chi connectivity index (χ4n) is 2.03. The van der Waals surface area contributed by atoms with E-state index in [9.17, 15) is 10.1 Å². The SMILES string of the molecule is CCCNC1=C/C(=C(/C#N)C(=O)COCC)CCC1. The average molecular weight is 262 g/mol. The number of carbonyl (C=O) groups excluding carboxylic acids is 1. The molecule has 19 heavy (non-hydrogen) atoms. The van der Waals surface area contributed by atoms with E-state index in [4.69, 9.17) is 4.74 Å². The van der Waals surface area contributed by atoms with E-state index in [0.717, 1.165) is 43.5 Å². The lowest BCUT2D eigenvalue weighted by Gasteiger charge is -2.17. The van der Waals surface area contributed by atoms with Gasteiger partial charge in [-0.2, -0.15) is 5.26 Å². The Balaban J connectivity index is 2.85. The van der Waals surface area contributed by atoms with Crippen molar-refractivity contribution in [1.29, 1.82) is 5.26 Å². The number of nitriles is 1. The maximum absolute atomic E-state index is 11.9. The highest BCUT2D eigenvalue weighted by molar-refractivity contribution is 6.01. The molecule has 0 unspecified atom stereocenters. The smallest absolute Gasteiger partial charge is 0.199 e. The summed E-state index contributed by atoms with van der Waals surface area (Å²) in [4.78, 5) is 11.9. The Hall–Kier alpha value is -1.60. The number of rotatable bonds is 7. The molecule has 0 fully saturated rings. The molecular weight excluding hydrogens is 240 g/mol. The first-order valence-corrected chi connectivity index (χ1v) is 6.91. The molecule has 1 rings (SSSR count). The van der Waals surface area contributed by atoms with Crippen LogP contribution in [0.15, 0.2) is 22.9 Å². The second kappa shape index (κ2) is 8.49. The van der Waals surface area contributed by atoms with Gasteiger partial charge in [-0.1, -0.05) is 6.92 Å². The zero-order chi connectivity index (χ0) is 14.1. The number of nitrogens with zero attached hydrogens (tertiary/aromatic N) is 1. The second-order valence-electron chi connectivity index (χ2n) is 4.52. The van der Waals surface area contributed by atoms with Gasteiger partial charge in [-0.3, -0.25) is 4.79 Å². The third-order valence-electron chi connectivity index (χ3n) is 2.99. The molecule has 0 saturated heterocycles. The fraction of sp³-hybridized carbons (Fsp3) is 0.600. The molecule has 0 aromatic heterocycles. The molecule has 0 aromatic rings. The highest BCUT2D eigenvalue weighted by Crippen LogP contribution is 2.23. The van der Waals surface area contributed by atoms with Crippen molar-refractivity contribution in [2.45, 2.75) is 39.5 Å². The third-order valence-corrected chi connectivity index (χ3v) is 2.99. The minimum absolute atomic E-state index is 0.00550. The van der Waals surface area contributed by atoms with Gasteiger partial charge in [0.25, 0.3) is 0 Å². The minimum Gasteiger partial charge on any atom is -0.388 e. The minimum atomic E-state index is -0.215. The second-order valence-corrected chi connectivity index (χ2v) is 4.52. The Morgan fingerprint density at radius 2 is 2.26 bits per heavy atom. The van der Waals surface area contributed by atoms with Crippen molar-refractivity contribution in [3.05, 3.63) is 22.9 Å². The van der Waals surface area contributed by atoms with E-state index < -0.39 is 0 Å². The number of allylic oxidation sites excluding steroid dienone is 3. The van der Waals surface area contributed by atoms with Gasteiger partial charge in [-0.25, -0.2) is 0 Å². The van der Waals surface area contributed by atoms with Crippen LogP contribution < -0.4 is 5.32 Å². The molecule has 1 aliphatic rings. The topological polar surface area (TPSA) is 62.1 Å². The van der Waals surface area contributed by atoms with Crippen LogP contribution in [0.25, 0.3) is 0 Å². The van der Waals surface area contributed by atoms with Crippen LogP contribution in [0.2, 0.25) is 0 Å². The molecule has 0 saturated carbocycles. The number of ether oxygens (including phenoxy) is 1. The molecule has 0 heterocycles. The van der Waals surface area contributed by atoms with Crippen LogP contribution in [-0.2, 0) is 9.53 Å². The van der Waals surface area contributed by atoms with Gasteiger partial charge in [-0.05, 0) is 44.3 Å². The number of hydrogen-bond acceptors (Lipinski definition) is 4. The molecule has 0 amide bonds. The van der Waals surface area contributed by atoms with E-state index in [1.807, 2.05) is 19.1 Å². The Morgan fingerprint density at radius 1 is 1.47 bits per heavy atom. The van der Waals surface area contributed by atoms with E-state index in [2.05, 4.69) is 12.2 Å². The van der Waals surface area contributed by atoms with Crippen LogP contribution in [0.5, 0.6) is 0 Å². The highest BCUT2D eigenvalue weighted by Gasteiger charge is 2.17. The van der Waals surface area contributed by atoms with Crippen molar-refractivity contribution in [2.24, 2.45) is 0 Å². The molecule has 0 aliphatic heterocycles. The van der Waals surface area contributed by atoms with Gasteiger partial charge >= 0.3 is 0 Å². The first-order chi connectivity index (χ1) is 9.22. The number of Topliss-reactive ketones (excluding diaryl/α,β-unsaturated/α-hetero) is 1. The fourth-order valence-corrected chi connectivity index (χ4v) is 2.03. The molecule has 0 radical (unpaired) electrons. The largest absolute Gasteiger partial charge is 0.388 e. The molecule has 1 aliphatic carbocycles. The predicted molar refractivity (Wildman–Crippen MR) is 74.4 cm³/mol. The van der Waals surface area contributed by atoms with Crippen LogP contribution in [0, 0.1) is 11.3 Å². The molecule has 4 heteroatoms. The lowest BCUT2D eigenvalue weighted by Crippen LogP contribution is -2.18. The Morgan fingerprint density at radius 3 is 2.89 bits per heavy atom. The monoisotopic (exact) mass is 262 g/mol. The summed E-state index contributed by atoms with van der Waals surface area (Å²) in [6.45, 7) is 5.35. The summed E-state index contributed by atoms with van der Waals surface area (Å²) in [5.74, 6) is -0.215. The molecule has 1 N–H and O–H groups in total. The van der Waals surface area contributed by atoms with E-state index >= 15 is 0 Å². The highest BCUT2D eigenvalue weighted by atomic mass is 16.5. The summed E-state index contributed by atoms with van der Waals surface area (Å²) in [5.41, 5.74) is 2.22. The molecule has 0 aromatic carbocycles. The van der Waals surface area contributed by atoms with Crippen molar-refractivity contribution in [1.82, 2.24) is 5.32 Å². The van der Waals surface area contributed by atoms with Crippen LogP contribution in [-0.4, -0.2) is 25.5 Å². The predicted octanol–water partition coefficient (Wildman–Crippen LogP) is 2.48. The van der Waals surface area contributed by atoms with Crippen LogP contribution in [0.3, 0.4) is 0 Å². The van der Waals surface area contributed by atoms with Gasteiger partial charge in [0.1, 0.15) is 18.2 Å². The summed E-state index contributed by atoms with van der Waals surface area (Å²) in [5, 5.41) is 12.5. The Kier molecular flexibility index (Phi) is 6.91. The van der Waals surface area contributed by atoms with Gasteiger partial charge in [0.05, 0.1) is 0 Å². The number of carbonyl (C=O) groups is 1. The van der Waals surface area contributed by atoms with Crippen LogP contribution >= 0.6 is 0 Å². The summed E-state index contributed by atoms with van der Waals surface area (Å²) in [6.07, 6.45) is 5.78. The molecular formula is C15H22N2O2. The third kappa shape index (κ3) is 4.88. The van der Waals surface area contributed by atoms with Gasteiger partial charge in [-0.15, -0.1) is 0 Å². The van der Waals surface area contributed by atoms with Crippen molar-refractivity contribution in [3.63, 3.8) is 0 Å². The normalized spacial score (nSPS) is 17.4. The summed E-state index contributed by atoms with van der Waals surface area (Å²) >= 11 is 0. The number of hydrogen-bond donors (Lipinski definition) is 1. The quantitative estimate of drug-likeness (QED) is 0.565. The average Bonchev–Trinajstić information content (AvgIpc) is 2.44. The molecule has 0 spiro atoms. The van der Waals surface area contributed by atoms with Crippen LogP contribution in [0.1, 0.15) is 39.5 Å². The molecule has 0 bridgehead atoms. The standard InChI is InChI=1S/C15H22N2O2/c1-3-8-17-13-7-5-6-12(9-13)14(10-16)15(18)11-19-4-2/h9,17H,3-8,11H2,1-2H3/b14-12-. The molecule has 104 valence electrons. The van der Waals surface area contributed by atoms with Crippen molar-refractivity contribution < 1.29 is 9.53 Å². The maximum atomic E-state index is 11.9. The maximum Gasteiger partial charge on any atom is 0.199 e. The summed E-state index contributed by atoms with van der Waals surface area (Å²) in [7, 11) is 0.